The minimum atomic E-state index is -0.213. The number of H-pyrrole nitrogens is 1. The number of nitrogens with one attached hydrogen (secondary N) is 3. The molecule has 6 nitrogen and oxygen atoms in total. The lowest BCUT2D eigenvalue weighted by atomic mass is 10.2. The summed E-state index contributed by atoms with van der Waals surface area (Å²) < 4.78 is 5.44. The highest BCUT2D eigenvalue weighted by molar-refractivity contribution is 6.31. The lowest BCUT2D eigenvalue weighted by molar-refractivity contribution is -0.123. The maximum atomic E-state index is 12.2. The maximum absolute atomic E-state index is 12.2. The summed E-state index contributed by atoms with van der Waals surface area (Å²) in [5.41, 5.74) is 2.35. The van der Waals surface area contributed by atoms with Crippen molar-refractivity contribution < 1.29 is 14.3 Å². The van der Waals surface area contributed by atoms with Crippen molar-refractivity contribution in [2.24, 2.45) is 0 Å². The van der Waals surface area contributed by atoms with Crippen LogP contribution in [0.1, 0.15) is 22.5 Å². The Labute approximate surface area is 168 Å². The highest BCUT2D eigenvalue weighted by atomic mass is 35.5. The fourth-order valence-corrected chi connectivity index (χ4v) is 2.83. The van der Waals surface area contributed by atoms with E-state index < -0.39 is 0 Å². The summed E-state index contributed by atoms with van der Waals surface area (Å²) in [6.45, 7) is 2.72. The van der Waals surface area contributed by atoms with Crippen LogP contribution in [0.2, 0.25) is 5.02 Å². The molecule has 2 amide bonds. The lowest BCUT2D eigenvalue weighted by Gasteiger charge is -2.09. The third-order valence-electron chi connectivity index (χ3n) is 4.24. The SMILES string of the molecule is Cc1cc(OCC(=O)NCCCNC(=O)c2cc3ccccc3[nH]2)ccc1Cl. The van der Waals surface area contributed by atoms with Gasteiger partial charge in [-0.25, -0.2) is 0 Å². The monoisotopic (exact) mass is 399 g/mol. The predicted molar refractivity (Wildman–Crippen MR) is 110 cm³/mol. The Kier molecular flexibility index (Phi) is 6.55. The number of aromatic amines is 1. The Morgan fingerprint density at radius 3 is 2.64 bits per heavy atom. The van der Waals surface area contributed by atoms with Crippen molar-refractivity contribution in [1.29, 1.82) is 0 Å². The Morgan fingerprint density at radius 2 is 1.86 bits per heavy atom. The summed E-state index contributed by atoms with van der Waals surface area (Å²) in [5, 5.41) is 7.26. The fraction of sp³-hybridized carbons (Fsp3) is 0.238. The molecule has 0 radical (unpaired) electrons. The van der Waals surface area contributed by atoms with E-state index in [0.717, 1.165) is 16.5 Å². The summed E-state index contributed by atoms with van der Waals surface area (Å²) in [6.07, 6.45) is 0.623. The number of benzene rings is 2. The van der Waals surface area contributed by atoms with Crippen molar-refractivity contribution >= 4 is 34.3 Å². The number of hydrogen-bond donors (Lipinski definition) is 3. The number of ether oxygens (including phenoxy) is 1. The quantitative estimate of drug-likeness (QED) is 0.507. The normalized spacial score (nSPS) is 10.6. The first-order chi connectivity index (χ1) is 13.5. The van der Waals surface area contributed by atoms with Gasteiger partial charge < -0.3 is 20.4 Å². The molecule has 3 N–H and O–H groups in total. The summed E-state index contributed by atoms with van der Waals surface area (Å²) in [5.74, 6) is 0.223. The molecule has 3 aromatic rings. The Bertz CT molecular complexity index is 951. The molecule has 0 saturated carbocycles. The van der Waals surface area contributed by atoms with Crippen LogP contribution >= 0.6 is 11.6 Å². The van der Waals surface area contributed by atoms with E-state index in [9.17, 15) is 9.59 Å². The average Bonchev–Trinajstić information content (AvgIpc) is 3.13. The molecule has 28 heavy (non-hydrogen) atoms. The number of aryl methyl sites for hydroxylation is 1. The van der Waals surface area contributed by atoms with E-state index in [1.54, 1.807) is 18.2 Å². The Balaban J connectivity index is 1.33. The topological polar surface area (TPSA) is 83.2 Å². The van der Waals surface area contributed by atoms with Gasteiger partial charge in [0, 0.05) is 29.0 Å². The van der Waals surface area contributed by atoms with E-state index in [4.69, 9.17) is 16.3 Å². The van der Waals surface area contributed by atoms with Crippen LogP contribution in [-0.2, 0) is 4.79 Å². The number of rotatable bonds is 8. The fourth-order valence-electron chi connectivity index (χ4n) is 2.72. The van der Waals surface area contributed by atoms with Crippen LogP contribution in [0.5, 0.6) is 5.75 Å². The van der Waals surface area contributed by atoms with Crippen LogP contribution in [0.15, 0.2) is 48.5 Å². The largest absolute Gasteiger partial charge is 0.484 e. The van der Waals surface area contributed by atoms with Crippen LogP contribution in [0.4, 0.5) is 0 Å². The standard InChI is InChI=1S/C21H22ClN3O3/c1-14-11-16(7-8-17(14)22)28-13-20(26)23-9-4-10-24-21(27)19-12-15-5-2-3-6-18(15)25-19/h2-3,5-8,11-12,25H,4,9-10,13H2,1H3,(H,23,26)(H,24,27). The second kappa shape index (κ2) is 9.28. The minimum Gasteiger partial charge on any atom is -0.484 e. The molecule has 0 aliphatic heterocycles. The summed E-state index contributed by atoms with van der Waals surface area (Å²) in [6, 6.07) is 14.8. The molecule has 0 aliphatic carbocycles. The van der Waals surface area contributed by atoms with Crippen LogP contribution < -0.4 is 15.4 Å². The van der Waals surface area contributed by atoms with Gasteiger partial charge in [-0.05, 0) is 49.2 Å². The number of carbonyl (C=O) groups excluding carboxylic acids is 2. The first-order valence-electron chi connectivity index (χ1n) is 9.04. The number of carbonyl (C=O) groups is 2. The van der Waals surface area contributed by atoms with Gasteiger partial charge in [-0.2, -0.15) is 0 Å². The number of fused-ring (bicyclic) bond motifs is 1. The van der Waals surface area contributed by atoms with Gasteiger partial charge in [0.25, 0.3) is 11.8 Å². The second-order valence-electron chi connectivity index (χ2n) is 6.43. The van der Waals surface area contributed by atoms with E-state index in [-0.39, 0.29) is 18.4 Å². The highest BCUT2D eigenvalue weighted by Gasteiger charge is 2.09. The number of amides is 2. The van der Waals surface area contributed by atoms with E-state index >= 15 is 0 Å². The summed E-state index contributed by atoms with van der Waals surface area (Å²) >= 11 is 5.96. The predicted octanol–water partition coefficient (Wildman–Crippen LogP) is 3.44. The zero-order valence-electron chi connectivity index (χ0n) is 15.5. The van der Waals surface area contributed by atoms with Crippen LogP contribution in [0, 0.1) is 6.92 Å². The van der Waals surface area contributed by atoms with Crippen molar-refractivity contribution in [2.75, 3.05) is 19.7 Å². The first kappa shape index (κ1) is 19.8. The zero-order chi connectivity index (χ0) is 19.9. The number of hydrogen-bond acceptors (Lipinski definition) is 3. The molecule has 0 unspecified atom stereocenters. The van der Waals surface area contributed by atoms with E-state index in [2.05, 4.69) is 15.6 Å². The van der Waals surface area contributed by atoms with Crippen molar-refractivity contribution in [2.45, 2.75) is 13.3 Å². The minimum absolute atomic E-state index is 0.0670. The molecule has 7 heteroatoms. The van der Waals surface area contributed by atoms with Gasteiger partial charge in [-0.3, -0.25) is 9.59 Å². The highest BCUT2D eigenvalue weighted by Crippen LogP contribution is 2.20. The van der Waals surface area contributed by atoms with Crippen molar-refractivity contribution in [3.8, 4) is 5.75 Å². The van der Waals surface area contributed by atoms with Crippen LogP contribution in [0.3, 0.4) is 0 Å². The molecule has 0 aliphatic rings. The van der Waals surface area contributed by atoms with Crippen molar-refractivity contribution in [1.82, 2.24) is 15.6 Å². The van der Waals surface area contributed by atoms with Gasteiger partial charge in [-0.15, -0.1) is 0 Å². The summed E-state index contributed by atoms with van der Waals surface area (Å²) in [4.78, 5) is 27.1. The molecular formula is C21H22ClN3O3. The number of aromatic nitrogens is 1. The third kappa shape index (κ3) is 5.27. The zero-order valence-corrected chi connectivity index (χ0v) is 16.3. The van der Waals surface area contributed by atoms with E-state index in [1.807, 2.05) is 37.3 Å². The molecule has 0 saturated heterocycles. The molecule has 146 valence electrons. The molecule has 1 aromatic heterocycles. The summed E-state index contributed by atoms with van der Waals surface area (Å²) in [7, 11) is 0. The Morgan fingerprint density at radius 1 is 1.07 bits per heavy atom. The molecule has 3 rings (SSSR count). The molecule has 1 heterocycles. The van der Waals surface area contributed by atoms with Crippen LogP contribution in [0.25, 0.3) is 10.9 Å². The van der Waals surface area contributed by atoms with Gasteiger partial charge in [0.15, 0.2) is 6.61 Å². The van der Waals surface area contributed by atoms with E-state index in [0.29, 0.717) is 36.0 Å². The molecule has 2 aromatic carbocycles. The number of halogens is 1. The first-order valence-corrected chi connectivity index (χ1v) is 9.42. The van der Waals surface area contributed by atoms with Gasteiger partial charge >= 0.3 is 0 Å². The second-order valence-corrected chi connectivity index (χ2v) is 6.84. The number of para-hydroxylation sites is 1. The molecule has 0 atom stereocenters. The Hall–Kier alpha value is -2.99. The molecule has 0 fully saturated rings. The van der Waals surface area contributed by atoms with Crippen LogP contribution in [-0.4, -0.2) is 36.5 Å². The average molecular weight is 400 g/mol. The van der Waals surface area contributed by atoms with Crippen molar-refractivity contribution in [3.63, 3.8) is 0 Å². The van der Waals surface area contributed by atoms with E-state index in [1.165, 1.54) is 0 Å². The molecule has 0 bridgehead atoms. The van der Waals surface area contributed by atoms with Gasteiger partial charge in [0.1, 0.15) is 11.4 Å². The van der Waals surface area contributed by atoms with Gasteiger partial charge in [0.2, 0.25) is 0 Å². The maximum Gasteiger partial charge on any atom is 0.267 e. The third-order valence-corrected chi connectivity index (χ3v) is 4.66. The van der Waals surface area contributed by atoms with Crippen molar-refractivity contribution in [3.05, 3.63) is 64.8 Å². The lowest BCUT2D eigenvalue weighted by Crippen LogP contribution is -2.32. The smallest absolute Gasteiger partial charge is 0.267 e. The van der Waals surface area contributed by atoms with Gasteiger partial charge in [0.05, 0.1) is 0 Å². The molecular weight excluding hydrogens is 378 g/mol. The molecule has 0 spiro atoms. The van der Waals surface area contributed by atoms with Gasteiger partial charge in [-0.1, -0.05) is 29.8 Å².